The number of unbranched alkanes of at least 4 members (excludes halogenated alkanes) is 1. The monoisotopic (exact) mass is 503 g/mol. The first kappa shape index (κ1) is 24.8. The van der Waals surface area contributed by atoms with E-state index in [4.69, 9.17) is 11.6 Å². The van der Waals surface area contributed by atoms with E-state index >= 15 is 0 Å². The Balaban J connectivity index is 1.42. The number of halogens is 1. The minimum Gasteiger partial charge on any atom is -0.309 e. The summed E-state index contributed by atoms with van der Waals surface area (Å²) in [4.78, 5) is 51.5. The van der Waals surface area contributed by atoms with Gasteiger partial charge in [-0.05, 0) is 60.9 Å². The van der Waals surface area contributed by atoms with Gasteiger partial charge in [0.05, 0.1) is 16.1 Å². The van der Waals surface area contributed by atoms with Crippen LogP contribution in [0.15, 0.2) is 78.9 Å². The third-order valence-electron chi connectivity index (χ3n) is 5.80. The Morgan fingerprint density at radius 3 is 2.25 bits per heavy atom. The molecule has 0 radical (unpaired) electrons. The van der Waals surface area contributed by atoms with Gasteiger partial charge >= 0.3 is 0 Å². The van der Waals surface area contributed by atoms with Crippen LogP contribution in [0.3, 0.4) is 0 Å². The molecule has 0 aliphatic carbocycles. The predicted molar refractivity (Wildman–Crippen MR) is 137 cm³/mol. The highest BCUT2D eigenvalue weighted by Gasteiger charge is 2.34. The molecular weight excluding hydrogens is 482 g/mol. The summed E-state index contributed by atoms with van der Waals surface area (Å²) in [5.41, 5.74) is 1.92. The summed E-state index contributed by atoms with van der Waals surface area (Å²) in [6.07, 6.45) is 3.93. The summed E-state index contributed by atoms with van der Waals surface area (Å²) in [5, 5.41) is 11.5. The largest absolute Gasteiger partial charge is 0.309 e. The molecule has 0 unspecified atom stereocenters. The number of anilines is 1. The molecule has 1 heterocycles. The number of hydrogen-bond donors (Lipinski definition) is 0. The van der Waals surface area contributed by atoms with Crippen molar-refractivity contribution in [1.82, 2.24) is 4.90 Å². The molecule has 1 aliphatic rings. The second kappa shape index (κ2) is 11.0. The third-order valence-corrected chi connectivity index (χ3v) is 6.05. The lowest BCUT2D eigenvalue weighted by Crippen LogP contribution is -2.33. The summed E-state index contributed by atoms with van der Waals surface area (Å²) in [6.45, 7) is 0.585. The molecule has 3 amide bonds. The van der Waals surface area contributed by atoms with Crippen LogP contribution in [0.5, 0.6) is 0 Å². The highest BCUT2D eigenvalue weighted by atomic mass is 35.5. The second-order valence-corrected chi connectivity index (χ2v) is 8.60. The van der Waals surface area contributed by atoms with Crippen LogP contribution in [0.25, 0.3) is 6.08 Å². The van der Waals surface area contributed by atoms with Crippen molar-refractivity contribution in [1.29, 1.82) is 0 Å². The summed E-state index contributed by atoms with van der Waals surface area (Å²) >= 11 is 6.00. The Kier molecular flexibility index (Phi) is 7.56. The molecule has 36 heavy (non-hydrogen) atoms. The fraction of sp³-hybridized carbons (Fsp3) is 0.148. The molecule has 1 aliphatic heterocycles. The normalized spacial score (nSPS) is 12.8. The maximum atomic E-state index is 13.1. The zero-order chi connectivity index (χ0) is 25.7. The Labute approximate surface area is 212 Å². The number of nitro groups is 1. The fourth-order valence-corrected chi connectivity index (χ4v) is 4.10. The molecule has 0 spiro atoms. The Hall–Kier alpha value is -4.30. The summed E-state index contributed by atoms with van der Waals surface area (Å²) in [7, 11) is 0. The Morgan fingerprint density at radius 1 is 0.944 bits per heavy atom. The standard InChI is InChI=1S/C27H22ClN3O5/c28-20-11-13-21(14-12-20)29(25(32)15-10-19-6-5-7-22(18-19)31(35)36)16-3-4-17-30-26(33)23-8-1-2-9-24(23)27(30)34/h1-2,5-15,18H,3-4,16-17H2. The van der Waals surface area contributed by atoms with Crippen molar-refractivity contribution in [2.24, 2.45) is 0 Å². The molecule has 182 valence electrons. The van der Waals surface area contributed by atoms with Gasteiger partial charge in [-0.3, -0.25) is 29.4 Å². The number of fused-ring (bicyclic) bond motifs is 1. The molecule has 3 aromatic rings. The summed E-state index contributed by atoms with van der Waals surface area (Å²) < 4.78 is 0. The van der Waals surface area contributed by atoms with E-state index in [1.807, 2.05) is 0 Å². The van der Waals surface area contributed by atoms with Crippen LogP contribution in [0.4, 0.5) is 11.4 Å². The molecule has 8 nitrogen and oxygen atoms in total. The zero-order valence-corrected chi connectivity index (χ0v) is 19.9. The first-order valence-corrected chi connectivity index (χ1v) is 11.7. The van der Waals surface area contributed by atoms with Crippen molar-refractivity contribution in [3.05, 3.63) is 111 Å². The topological polar surface area (TPSA) is 101 Å². The number of carbonyl (C=O) groups excluding carboxylic acids is 3. The minimum absolute atomic E-state index is 0.0627. The first-order valence-electron chi connectivity index (χ1n) is 11.3. The van der Waals surface area contributed by atoms with E-state index in [-0.39, 0.29) is 30.0 Å². The van der Waals surface area contributed by atoms with Crippen LogP contribution in [-0.4, -0.2) is 40.6 Å². The van der Waals surface area contributed by atoms with Crippen LogP contribution in [0.1, 0.15) is 39.1 Å². The number of rotatable bonds is 9. The number of hydrogen-bond acceptors (Lipinski definition) is 5. The van der Waals surface area contributed by atoms with Gasteiger partial charge in [0.15, 0.2) is 0 Å². The Morgan fingerprint density at radius 2 is 1.61 bits per heavy atom. The van der Waals surface area contributed by atoms with Gasteiger partial charge in [-0.2, -0.15) is 0 Å². The maximum Gasteiger partial charge on any atom is 0.270 e. The van der Waals surface area contributed by atoms with Gasteiger partial charge in [-0.15, -0.1) is 0 Å². The molecule has 0 saturated carbocycles. The number of benzene rings is 3. The van der Waals surface area contributed by atoms with E-state index in [1.54, 1.807) is 65.6 Å². The van der Waals surface area contributed by atoms with Gasteiger partial charge < -0.3 is 4.90 Å². The lowest BCUT2D eigenvalue weighted by Gasteiger charge is -2.22. The summed E-state index contributed by atoms with van der Waals surface area (Å²) in [5.74, 6) is -0.924. The molecule has 0 bridgehead atoms. The smallest absolute Gasteiger partial charge is 0.270 e. The molecule has 9 heteroatoms. The van der Waals surface area contributed by atoms with Crippen molar-refractivity contribution in [3.63, 3.8) is 0 Å². The lowest BCUT2D eigenvalue weighted by atomic mass is 10.1. The molecular formula is C27H22ClN3O5. The highest BCUT2D eigenvalue weighted by Crippen LogP contribution is 2.24. The van der Waals surface area contributed by atoms with Crippen molar-refractivity contribution >= 4 is 46.8 Å². The van der Waals surface area contributed by atoms with Gasteiger partial charge in [-0.25, -0.2) is 0 Å². The highest BCUT2D eigenvalue weighted by molar-refractivity contribution is 6.30. The van der Waals surface area contributed by atoms with Crippen LogP contribution < -0.4 is 4.90 Å². The van der Waals surface area contributed by atoms with Crippen LogP contribution >= 0.6 is 11.6 Å². The molecule has 0 N–H and O–H groups in total. The van der Waals surface area contributed by atoms with Crippen LogP contribution in [-0.2, 0) is 4.79 Å². The number of carbonyl (C=O) groups is 3. The van der Waals surface area contributed by atoms with Crippen LogP contribution in [0, 0.1) is 10.1 Å². The lowest BCUT2D eigenvalue weighted by molar-refractivity contribution is -0.384. The molecule has 0 saturated heterocycles. The second-order valence-electron chi connectivity index (χ2n) is 8.17. The minimum atomic E-state index is -0.493. The van der Waals surface area contributed by atoms with E-state index in [2.05, 4.69) is 0 Å². The van der Waals surface area contributed by atoms with E-state index in [0.717, 1.165) is 0 Å². The molecule has 0 aromatic heterocycles. The fourth-order valence-electron chi connectivity index (χ4n) is 3.97. The van der Waals surface area contributed by atoms with Gasteiger partial charge in [0.2, 0.25) is 0 Å². The number of nitrogens with zero attached hydrogens (tertiary/aromatic N) is 3. The molecule has 0 atom stereocenters. The average molecular weight is 504 g/mol. The quantitative estimate of drug-likeness (QED) is 0.128. The average Bonchev–Trinajstić information content (AvgIpc) is 3.13. The van der Waals surface area contributed by atoms with Gasteiger partial charge in [0, 0.05) is 42.0 Å². The maximum absolute atomic E-state index is 13.1. The zero-order valence-electron chi connectivity index (χ0n) is 19.2. The van der Waals surface area contributed by atoms with E-state index in [9.17, 15) is 24.5 Å². The summed E-state index contributed by atoms with van der Waals surface area (Å²) in [6, 6.07) is 19.6. The van der Waals surface area contributed by atoms with Crippen molar-refractivity contribution in [2.45, 2.75) is 12.8 Å². The Bertz CT molecular complexity index is 1320. The van der Waals surface area contributed by atoms with E-state index < -0.39 is 4.92 Å². The molecule has 3 aromatic carbocycles. The number of imide groups is 1. The van der Waals surface area contributed by atoms with Crippen molar-refractivity contribution in [3.8, 4) is 0 Å². The van der Waals surface area contributed by atoms with Crippen molar-refractivity contribution in [2.75, 3.05) is 18.0 Å². The predicted octanol–water partition coefficient (Wildman–Crippen LogP) is 5.37. The first-order chi connectivity index (χ1) is 17.3. The SMILES string of the molecule is O=C1c2ccccc2C(=O)N1CCCCN(C(=O)C=Cc1cccc([N+](=O)[O-])c1)c1ccc(Cl)cc1. The van der Waals surface area contributed by atoms with Crippen molar-refractivity contribution < 1.29 is 19.3 Å². The third kappa shape index (κ3) is 5.50. The number of nitro benzene ring substituents is 1. The van der Waals surface area contributed by atoms with Gasteiger partial charge in [-0.1, -0.05) is 35.9 Å². The van der Waals surface area contributed by atoms with Gasteiger partial charge in [0.1, 0.15) is 0 Å². The van der Waals surface area contributed by atoms with Crippen LogP contribution in [0.2, 0.25) is 5.02 Å². The molecule has 0 fully saturated rings. The molecule has 4 rings (SSSR count). The van der Waals surface area contributed by atoms with E-state index in [1.165, 1.54) is 29.2 Å². The van der Waals surface area contributed by atoms with Gasteiger partial charge in [0.25, 0.3) is 23.4 Å². The number of amides is 3. The van der Waals surface area contributed by atoms with E-state index in [0.29, 0.717) is 46.8 Å². The number of non-ortho nitro benzene ring substituents is 1.